The van der Waals surface area contributed by atoms with Crippen LogP contribution in [0.4, 0.5) is 0 Å². The minimum Gasteiger partial charge on any atom is -0.466 e. The van der Waals surface area contributed by atoms with Crippen LogP contribution in [0.2, 0.25) is 0 Å². The van der Waals surface area contributed by atoms with E-state index in [9.17, 15) is 19.5 Å². The minimum atomic E-state index is -0.778. The van der Waals surface area contributed by atoms with Gasteiger partial charge in [0.25, 0.3) is 0 Å². The summed E-state index contributed by atoms with van der Waals surface area (Å²) in [5.41, 5.74) is 0.932. The third kappa shape index (κ3) is 13.2. The maximum Gasteiger partial charge on any atom is 0.306 e. The van der Waals surface area contributed by atoms with E-state index in [0.717, 1.165) is 23.4 Å². The van der Waals surface area contributed by atoms with E-state index in [4.69, 9.17) is 4.74 Å². The lowest BCUT2D eigenvalue weighted by atomic mass is 9.83. The zero-order chi connectivity index (χ0) is 31.6. The maximum atomic E-state index is 13.8. The number of nitrogens with zero attached hydrogens (tertiary/aromatic N) is 1. The average Bonchev–Trinajstić information content (AvgIpc) is 3.03. The fraction of sp³-hybridized carbons (Fsp3) is 0.588. The van der Waals surface area contributed by atoms with Crippen molar-refractivity contribution in [2.24, 2.45) is 11.8 Å². The average molecular weight is 644 g/mol. The van der Waals surface area contributed by atoms with Gasteiger partial charge >= 0.3 is 5.97 Å². The molecule has 3 N–H and O–H groups in total. The fourth-order valence-corrected chi connectivity index (χ4v) is 7.02. The summed E-state index contributed by atoms with van der Waals surface area (Å²) in [6.07, 6.45) is 10.7. The molecule has 1 fully saturated rings. The number of aliphatic hydroxyl groups is 1. The molecule has 0 saturated heterocycles. The van der Waals surface area contributed by atoms with Crippen LogP contribution in [-0.2, 0) is 25.5 Å². The topological polar surface area (TPSA) is 118 Å². The predicted octanol–water partition coefficient (Wildman–Crippen LogP) is 5.43. The summed E-state index contributed by atoms with van der Waals surface area (Å²) in [6.45, 7) is 1.98. The summed E-state index contributed by atoms with van der Waals surface area (Å²) in [7, 11) is 0. The second-order valence-corrected chi connectivity index (χ2v) is 13.6. The van der Waals surface area contributed by atoms with Gasteiger partial charge in [-0.05, 0) is 68.2 Å². The number of ether oxygens (including phenoxy) is 1. The second-order valence-electron chi connectivity index (χ2n) is 11.5. The Bertz CT molecular complexity index is 1120. The predicted molar refractivity (Wildman–Crippen MR) is 179 cm³/mol. The molecule has 2 amide bonds. The number of aliphatic hydroxyl groups excluding tert-OH is 1. The maximum absolute atomic E-state index is 13.8. The van der Waals surface area contributed by atoms with Gasteiger partial charge in [-0.15, -0.1) is 11.8 Å². The van der Waals surface area contributed by atoms with Gasteiger partial charge in [0, 0.05) is 11.9 Å². The second kappa shape index (κ2) is 20.5. The van der Waals surface area contributed by atoms with E-state index in [2.05, 4.69) is 15.6 Å². The Balaban J connectivity index is 1.70. The molecule has 0 bridgehead atoms. The molecule has 1 aromatic heterocycles. The molecule has 1 aliphatic rings. The van der Waals surface area contributed by atoms with Gasteiger partial charge in [0.1, 0.15) is 6.04 Å². The summed E-state index contributed by atoms with van der Waals surface area (Å²) in [4.78, 5) is 44.2. The van der Waals surface area contributed by atoms with Gasteiger partial charge < -0.3 is 20.5 Å². The highest BCUT2D eigenvalue weighted by Gasteiger charge is 2.31. The molecular weight excluding hydrogens is 595 g/mol. The zero-order valence-electron chi connectivity index (χ0n) is 26.1. The Morgan fingerprint density at radius 1 is 0.977 bits per heavy atom. The Morgan fingerprint density at radius 3 is 2.41 bits per heavy atom. The van der Waals surface area contributed by atoms with E-state index >= 15 is 0 Å². The van der Waals surface area contributed by atoms with Gasteiger partial charge in [0.05, 0.1) is 36.1 Å². The van der Waals surface area contributed by atoms with Crippen LogP contribution in [-0.4, -0.2) is 70.4 Å². The van der Waals surface area contributed by atoms with Gasteiger partial charge in [-0.3, -0.25) is 14.4 Å². The molecule has 0 aliphatic heterocycles. The van der Waals surface area contributed by atoms with Crippen molar-refractivity contribution in [2.45, 2.75) is 94.3 Å². The van der Waals surface area contributed by atoms with Crippen molar-refractivity contribution < 1.29 is 24.2 Å². The summed E-state index contributed by atoms with van der Waals surface area (Å²) in [6, 6.07) is 14.1. The van der Waals surface area contributed by atoms with Crippen molar-refractivity contribution in [1.29, 1.82) is 0 Å². The third-order valence-corrected chi connectivity index (χ3v) is 9.68. The highest BCUT2D eigenvalue weighted by atomic mass is 32.2. The first-order valence-electron chi connectivity index (χ1n) is 15.9. The van der Waals surface area contributed by atoms with Gasteiger partial charge in [-0.1, -0.05) is 68.5 Å². The fourth-order valence-electron chi connectivity index (χ4n) is 5.67. The molecule has 242 valence electrons. The number of carbonyl (C=O) groups excluding carboxylic acids is 3. The van der Waals surface area contributed by atoms with Crippen LogP contribution in [0.25, 0.3) is 0 Å². The van der Waals surface area contributed by atoms with Gasteiger partial charge in [-0.25, -0.2) is 4.98 Å². The van der Waals surface area contributed by atoms with Crippen LogP contribution < -0.4 is 10.6 Å². The number of hydrogen-bond donors (Lipinski definition) is 3. The number of benzene rings is 1. The van der Waals surface area contributed by atoms with Crippen molar-refractivity contribution in [2.75, 3.05) is 24.4 Å². The number of carbonyl (C=O) groups is 3. The van der Waals surface area contributed by atoms with Crippen LogP contribution in [0.5, 0.6) is 0 Å². The van der Waals surface area contributed by atoms with Crippen LogP contribution in [0, 0.1) is 11.8 Å². The molecule has 1 heterocycles. The molecule has 4 atom stereocenters. The number of esters is 1. The zero-order valence-corrected chi connectivity index (χ0v) is 27.8. The first-order valence-corrected chi connectivity index (χ1v) is 18.3. The van der Waals surface area contributed by atoms with E-state index < -0.39 is 30.1 Å². The van der Waals surface area contributed by atoms with Crippen LogP contribution in [0.15, 0.2) is 59.8 Å². The standard InChI is InChI=1S/C34H49N3O5S2/c1-3-42-32(39)24-27(22-25-12-6-4-7-13-25)33(40)36-28(17-20-43-2)34(41)37-29(23-26-14-8-5-9-15-26)30(38)18-21-44-31-16-10-11-19-35-31/h4,6-7,10-13,16,19,26-30,38H,3,5,8-9,14-15,17-18,20-24H2,1-2H3,(H,36,40)(H,37,41)/t27?,28-,29-,30-/m0/s1. The Kier molecular flexibility index (Phi) is 16.7. The summed E-state index contributed by atoms with van der Waals surface area (Å²) in [5.74, 6) is 0.0542. The Morgan fingerprint density at radius 2 is 1.73 bits per heavy atom. The number of aromatic nitrogens is 1. The molecule has 2 aromatic rings. The van der Waals surface area contributed by atoms with Crippen molar-refractivity contribution in [3.05, 3.63) is 60.3 Å². The van der Waals surface area contributed by atoms with Crippen molar-refractivity contribution in [1.82, 2.24) is 15.6 Å². The molecule has 44 heavy (non-hydrogen) atoms. The van der Waals surface area contributed by atoms with Crippen LogP contribution >= 0.6 is 23.5 Å². The van der Waals surface area contributed by atoms with Crippen molar-refractivity contribution in [3.63, 3.8) is 0 Å². The molecule has 8 nitrogen and oxygen atoms in total. The first kappa shape index (κ1) is 35.9. The number of rotatable bonds is 19. The molecule has 3 rings (SSSR count). The van der Waals surface area contributed by atoms with E-state index in [0.29, 0.717) is 43.1 Å². The third-order valence-electron chi connectivity index (χ3n) is 8.06. The van der Waals surface area contributed by atoms with E-state index in [1.165, 1.54) is 19.3 Å². The summed E-state index contributed by atoms with van der Waals surface area (Å²) >= 11 is 3.19. The number of hydrogen-bond acceptors (Lipinski definition) is 8. The molecule has 1 unspecified atom stereocenters. The molecule has 1 saturated carbocycles. The van der Waals surface area contributed by atoms with E-state index in [1.54, 1.807) is 36.6 Å². The van der Waals surface area contributed by atoms with E-state index in [-0.39, 0.29) is 24.8 Å². The molecule has 0 spiro atoms. The Hall–Kier alpha value is -2.56. The lowest BCUT2D eigenvalue weighted by molar-refractivity contribution is -0.146. The highest BCUT2D eigenvalue weighted by Crippen LogP contribution is 2.29. The normalized spacial score (nSPS) is 16.3. The number of thioether (sulfide) groups is 2. The minimum absolute atomic E-state index is 0.0671. The summed E-state index contributed by atoms with van der Waals surface area (Å²) in [5, 5.41) is 18.3. The van der Waals surface area contributed by atoms with E-state index in [1.807, 2.05) is 54.8 Å². The lowest BCUT2D eigenvalue weighted by Gasteiger charge is -2.31. The quantitative estimate of drug-likeness (QED) is 0.137. The molecular formula is C34H49N3O5S2. The monoisotopic (exact) mass is 643 g/mol. The highest BCUT2D eigenvalue weighted by molar-refractivity contribution is 7.99. The number of pyridine rings is 1. The first-order chi connectivity index (χ1) is 21.4. The van der Waals surface area contributed by atoms with Gasteiger partial charge in [0.2, 0.25) is 11.8 Å². The molecule has 0 radical (unpaired) electrons. The van der Waals surface area contributed by atoms with Gasteiger partial charge in [0.15, 0.2) is 0 Å². The van der Waals surface area contributed by atoms with Crippen molar-refractivity contribution >= 4 is 41.3 Å². The van der Waals surface area contributed by atoms with Crippen molar-refractivity contribution in [3.8, 4) is 0 Å². The smallest absolute Gasteiger partial charge is 0.306 e. The molecule has 1 aromatic carbocycles. The summed E-state index contributed by atoms with van der Waals surface area (Å²) < 4.78 is 5.15. The number of amides is 2. The van der Waals surface area contributed by atoms with Crippen LogP contribution in [0.1, 0.15) is 70.3 Å². The largest absolute Gasteiger partial charge is 0.466 e. The van der Waals surface area contributed by atoms with Crippen LogP contribution in [0.3, 0.4) is 0 Å². The molecule has 1 aliphatic carbocycles. The Labute approximate surface area is 271 Å². The van der Waals surface area contributed by atoms with Gasteiger partial charge in [-0.2, -0.15) is 11.8 Å². The lowest BCUT2D eigenvalue weighted by Crippen LogP contribution is -2.54. The SMILES string of the molecule is CCOC(=O)CC(Cc1ccccc1)C(=O)N[C@@H](CCSC)C(=O)N[C@@H](CC1CCCCC1)[C@@H](O)CCSc1ccccn1. The number of nitrogens with one attached hydrogen (secondary N) is 2. The molecule has 10 heteroatoms.